The number of benzene rings is 2. The summed E-state index contributed by atoms with van der Waals surface area (Å²) in [5.41, 5.74) is 3.44. The molecule has 3 aromatic rings. The normalized spacial score (nSPS) is 27.6. The lowest BCUT2D eigenvalue weighted by atomic mass is 9.48. The van der Waals surface area contributed by atoms with Gasteiger partial charge in [0.05, 0.1) is 12.7 Å². The minimum atomic E-state index is -0.961. The van der Waals surface area contributed by atoms with Gasteiger partial charge in [0.25, 0.3) is 0 Å². The first-order valence-electron chi connectivity index (χ1n) is 11.8. The quantitative estimate of drug-likeness (QED) is 0.512. The van der Waals surface area contributed by atoms with Gasteiger partial charge in [-0.3, -0.25) is 0 Å². The van der Waals surface area contributed by atoms with Gasteiger partial charge < -0.3 is 14.3 Å². The van der Waals surface area contributed by atoms with Gasteiger partial charge in [-0.15, -0.1) is 10.2 Å². The molecule has 1 heterocycles. The number of nitrogens with zero attached hydrogens (tertiary/aromatic N) is 2. The number of carboxylic acid groups (broad SMARTS) is 1. The summed E-state index contributed by atoms with van der Waals surface area (Å²) in [6, 6.07) is 12.6. The minimum absolute atomic E-state index is 0.225. The zero-order chi connectivity index (χ0) is 22.6. The first-order valence-corrected chi connectivity index (χ1v) is 11.8. The molecule has 7 rings (SSSR count). The summed E-state index contributed by atoms with van der Waals surface area (Å²) in [4.78, 5) is 11.1. The predicted octanol–water partition coefficient (Wildman–Crippen LogP) is 5.87. The maximum absolute atomic E-state index is 11.1. The van der Waals surface area contributed by atoms with Crippen LogP contribution in [0.25, 0.3) is 22.9 Å². The van der Waals surface area contributed by atoms with Gasteiger partial charge in [0.1, 0.15) is 5.75 Å². The lowest BCUT2D eigenvalue weighted by Gasteiger charge is -2.57. The molecule has 0 unspecified atom stereocenters. The first kappa shape index (κ1) is 20.5. The molecule has 1 aromatic heterocycles. The van der Waals surface area contributed by atoms with Crippen LogP contribution in [-0.2, 0) is 6.42 Å². The second-order valence-corrected chi connectivity index (χ2v) is 10.4. The highest BCUT2D eigenvalue weighted by molar-refractivity contribution is 5.88. The third kappa shape index (κ3) is 3.71. The lowest BCUT2D eigenvalue weighted by molar-refractivity contribution is -0.0523. The molecule has 0 aliphatic heterocycles. The fraction of sp³-hybridized carbons (Fsp3) is 0.444. The van der Waals surface area contributed by atoms with Gasteiger partial charge in [0.2, 0.25) is 11.8 Å². The highest BCUT2D eigenvalue weighted by Gasteiger charge is 2.50. The van der Waals surface area contributed by atoms with E-state index in [0.29, 0.717) is 22.8 Å². The number of carboxylic acids is 1. The van der Waals surface area contributed by atoms with E-state index in [4.69, 9.17) is 14.3 Å². The van der Waals surface area contributed by atoms with Crippen molar-refractivity contribution in [3.8, 4) is 28.7 Å². The Balaban J connectivity index is 1.28. The summed E-state index contributed by atoms with van der Waals surface area (Å²) in [6.45, 7) is 0. The van der Waals surface area contributed by atoms with Crippen LogP contribution in [0.5, 0.6) is 5.75 Å². The summed E-state index contributed by atoms with van der Waals surface area (Å²) < 4.78 is 11.7. The lowest BCUT2D eigenvalue weighted by Crippen LogP contribution is -2.47. The molecule has 0 saturated heterocycles. The number of ether oxygens (including phenoxy) is 1. The van der Waals surface area contributed by atoms with Gasteiger partial charge >= 0.3 is 5.97 Å². The molecule has 0 radical (unpaired) electrons. The zero-order valence-corrected chi connectivity index (χ0v) is 18.8. The summed E-state index contributed by atoms with van der Waals surface area (Å²) in [6.07, 6.45) is 9.42. The van der Waals surface area contributed by atoms with E-state index in [1.165, 1.54) is 44.1 Å². The number of aromatic carboxylic acids is 1. The molecule has 4 saturated carbocycles. The van der Waals surface area contributed by atoms with Gasteiger partial charge in [0.15, 0.2) is 0 Å². The van der Waals surface area contributed by atoms with Crippen molar-refractivity contribution in [2.24, 2.45) is 23.2 Å². The zero-order valence-electron chi connectivity index (χ0n) is 18.8. The molecule has 33 heavy (non-hydrogen) atoms. The highest BCUT2D eigenvalue weighted by Crippen LogP contribution is 2.61. The van der Waals surface area contributed by atoms with E-state index in [-0.39, 0.29) is 5.56 Å². The number of hydrogen-bond acceptors (Lipinski definition) is 5. The largest absolute Gasteiger partial charge is 0.496 e. The molecule has 6 heteroatoms. The maximum Gasteiger partial charge on any atom is 0.335 e. The Hall–Kier alpha value is -3.15. The molecule has 4 bridgehead atoms. The van der Waals surface area contributed by atoms with E-state index in [1.807, 2.05) is 12.1 Å². The number of rotatable bonds is 6. The van der Waals surface area contributed by atoms with Crippen LogP contribution < -0.4 is 4.74 Å². The second kappa shape index (κ2) is 7.72. The van der Waals surface area contributed by atoms with E-state index >= 15 is 0 Å². The smallest absolute Gasteiger partial charge is 0.335 e. The number of methoxy groups -OCH3 is 1. The Morgan fingerprint density at radius 2 is 1.55 bits per heavy atom. The van der Waals surface area contributed by atoms with Crippen LogP contribution in [-0.4, -0.2) is 28.4 Å². The summed E-state index contributed by atoms with van der Waals surface area (Å²) in [7, 11) is 1.74. The van der Waals surface area contributed by atoms with Crippen molar-refractivity contribution in [3.05, 3.63) is 53.6 Å². The molecule has 4 fully saturated rings. The SMILES string of the molecule is COc1ccc(-c2nnc(-c3ccc(C(=O)O)cc3)o2)cc1CC12CC3CC(CC(C3)C1)C2. The Kier molecular flexibility index (Phi) is 4.78. The molecule has 0 amide bonds. The van der Waals surface area contributed by atoms with Crippen LogP contribution in [0.1, 0.15) is 54.4 Å². The Morgan fingerprint density at radius 3 is 2.12 bits per heavy atom. The van der Waals surface area contributed by atoms with Crippen molar-refractivity contribution in [1.82, 2.24) is 10.2 Å². The van der Waals surface area contributed by atoms with Gasteiger partial charge in [-0.25, -0.2) is 4.79 Å². The van der Waals surface area contributed by atoms with Crippen molar-refractivity contribution in [3.63, 3.8) is 0 Å². The van der Waals surface area contributed by atoms with Gasteiger partial charge in [-0.2, -0.15) is 0 Å². The van der Waals surface area contributed by atoms with Gasteiger partial charge in [-0.1, -0.05) is 0 Å². The van der Waals surface area contributed by atoms with E-state index in [1.54, 1.807) is 31.4 Å². The van der Waals surface area contributed by atoms with Gasteiger partial charge in [0, 0.05) is 11.1 Å². The highest BCUT2D eigenvalue weighted by atomic mass is 16.5. The van der Waals surface area contributed by atoms with Crippen molar-refractivity contribution in [1.29, 1.82) is 0 Å². The van der Waals surface area contributed by atoms with Crippen LogP contribution in [0.15, 0.2) is 46.9 Å². The molecule has 1 N–H and O–H groups in total. The first-order chi connectivity index (χ1) is 16.0. The van der Waals surface area contributed by atoms with Gasteiger partial charge in [-0.05, 0) is 116 Å². The molecular formula is C27H28N2O4. The Morgan fingerprint density at radius 1 is 0.970 bits per heavy atom. The van der Waals surface area contributed by atoms with Crippen LogP contribution >= 0.6 is 0 Å². The Labute approximate surface area is 193 Å². The number of aromatic nitrogens is 2. The fourth-order valence-electron chi connectivity index (χ4n) is 7.17. The monoisotopic (exact) mass is 444 g/mol. The van der Waals surface area contributed by atoms with E-state index in [0.717, 1.165) is 35.5 Å². The number of carbonyl (C=O) groups is 1. The van der Waals surface area contributed by atoms with Crippen molar-refractivity contribution < 1.29 is 19.1 Å². The summed E-state index contributed by atoms with van der Waals surface area (Å²) >= 11 is 0. The average molecular weight is 445 g/mol. The van der Waals surface area contributed by atoms with E-state index < -0.39 is 5.97 Å². The molecule has 0 atom stereocenters. The van der Waals surface area contributed by atoms with E-state index in [9.17, 15) is 4.79 Å². The van der Waals surface area contributed by atoms with Crippen molar-refractivity contribution in [2.45, 2.75) is 44.9 Å². The second-order valence-electron chi connectivity index (χ2n) is 10.4. The molecule has 0 spiro atoms. The third-order valence-corrected chi connectivity index (χ3v) is 8.06. The van der Waals surface area contributed by atoms with Crippen LogP contribution in [0.4, 0.5) is 0 Å². The minimum Gasteiger partial charge on any atom is -0.496 e. The summed E-state index contributed by atoms with van der Waals surface area (Å²) in [5.74, 6) is 3.54. The molecule has 4 aliphatic rings. The molecular weight excluding hydrogens is 416 g/mol. The molecule has 6 nitrogen and oxygen atoms in total. The molecule has 2 aromatic carbocycles. The van der Waals surface area contributed by atoms with Crippen molar-refractivity contribution in [2.75, 3.05) is 7.11 Å². The van der Waals surface area contributed by atoms with Crippen LogP contribution in [0, 0.1) is 23.2 Å². The standard InChI is InChI=1S/C27H28N2O4/c1-32-23-7-6-21(25-29-28-24(33-25)19-2-4-20(5-3-19)26(30)31)11-22(23)15-27-12-16-8-17(13-27)10-18(9-16)14-27/h2-7,11,16-18H,8-10,12-15H2,1H3,(H,30,31). The van der Waals surface area contributed by atoms with Crippen LogP contribution in [0.3, 0.4) is 0 Å². The van der Waals surface area contributed by atoms with E-state index in [2.05, 4.69) is 16.3 Å². The average Bonchev–Trinajstić information content (AvgIpc) is 3.28. The third-order valence-electron chi connectivity index (χ3n) is 8.06. The topological polar surface area (TPSA) is 85.5 Å². The maximum atomic E-state index is 11.1. The van der Waals surface area contributed by atoms with Crippen molar-refractivity contribution >= 4 is 5.97 Å². The Bertz CT molecular complexity index is 1160. The van der Waals surface area contributed by atoms with Crippen LogP contribution in [0.2, 0.25) is 0 Å². The molecule has 170 valence electrons. The number of hydrogen-bond donors (Lipinski definition) is 1. The summed E-state index contributed by atoms with van der Waals surface area (Å²) in [5, 5.41) is 17.6. The predicted molar refractivity (Wildman–Crippen MR) is 123 cm³/mol. The fourth-order valence-corrected chi connectivity index (χ4v) is 7.17. The molecule has 4 aliphatic carbocycles.